The van der Waals surface area contributed by atoms with E-state index in [4.69, 9.17) is 20.7 Å². The zero-order valence-electron chi connectivity index (χ0n) is 9.01. The number of anilines is 1. The van der Waals surface area contributed by atoms with Gasteiger partial charge in [0, 0.05) is 5.69 Å². The molecule has 0 fully saturated rings. The van der Waals surface area contributed by atoms with E-state index in [0.717, 1.165) is 0 Å². The molecule has 1 aromatic carbocycles. The molecule has 4 N–H and O–H groups in total. The number of carbonyl (C=O) groups excluding carboxylic acids is 1. The maximum Gasteiger partial charge on any atom is 0.338 e. The minimum atomic E-state index is -1.05. The van der Waals surface area contributed by atoms with Gasteiger partial charge in [0.15, 0.2) is 0 Å². The van der Waals surface area contributed by atoms with Gasteiger partial charge in [-0.1, -0.05) is 6.07 Å². The third kappa shape index (κ3) is 2.95. The maximum atomic E-state index is 11.6. The number of rotatable bonds is 4. The van der Waals surface area contributed by atoms with E-state index >= 15 is 0 Å². The lowest BCUT2D eigenvalue weighted by molar-refractivity contribution is 0.00928. The Morgan fingerprint density at radius 3 is 2.88 bits per heavy atom. The van der Waals surface area contributed by atoms with Crippen LogP contribution in [0.2, 0.25) is 0 Å². The van der Waals surface area contributed by atoms with E-state index in [9.17, 15) is 4.79 Å². The highest BCUT2D eigenvalue weighted by Crippen LogP contribution is 2.16. The van der Waals surface area contributed by atoms with E-state index in [0.29, 0.717) is 16.8 Å². The topological polar surface area (TPSA) is 92.8 Å². The summed E-state index contributed by atoms with van der Waals surface area (Å²) in [6.45, 7) is 1.04. The van der Waals surface area contributed by atoms with E-state index in [2.05, 4.69) is 0 Å². The van der Waals surface area contributed by atoms with Gasteiger partial charge >= 0.3 is 5.97 Å². The molecule has 1 aromatic rings. The molecule has 0 heterocycles. The fraction of sp³-hybridized carbons (Fsp3) is 0.364. The first kappa shape index (κ1) is 12.5. The predicted molar refractivity (Wildman–Crippen MR) is 59.0 cm³/mol. The zero-order chi connectivity index (χ0) is 12.1. The van der Waals surface area contributed by atoms with Crippen LogP contribution in [0.15, 0.2) is 18.2 Å². The second-order valence-corrected chi connectivity index (χ2v) is 3.45. The molecule has 0 aliphatic carbocycles. The van der Waals surface area contributed by atoms with Crippen molar-refractivity contribution in [2.75, 3.05) is 18.9 Å². The standard InChI is InChI=1S/C11H15NO4/c1-7-9(3-2-4-10(7)12)11(15)16-6-8(14)5-13/h2-4,8,13-14H,5-6,12H2,1H3. The number of hydrogen-bond acceptors (Lipinski definition) is 5. The van der Waals surface area contributed by atoms with Gasteiger partial charge in [-0.3, -0.25) is 0 Å². The number of hydrogen-bond donors (Lipinski definition) is 3. The fourth-order valence-corrected chi connectivity index (χ4v) is 1.18. The van der Waals surface area contributed by atoms with Crippen molar-refractivity contribution in [1.29, 1.82) is 0 Å². The first-order chi connectivity index (χ1) is 7.56. The summed E-state index contributed by atoms with van der Waals surface area (Å²) in [7, 11) is 0. The number of carbonyl (C=O) groups is 1. The molecule has 0 spiro atoms. The van der Waals surface area contributed by atoms with E-state index in [1.54, 1.807) is 25.1 Å². The van der Waals surface area contributed by atoms with Gasteiger partial charge in [0.2, 0.25) is 0 Å². The minimum Gasteiger partial charge on any atom is -0.459 e. The lowest BCUT2D eigenvalue weighted by Crippen LogP contribution is -2.22. The van der Waals surface area contributed by atoms with Crippen molar-refractivity contribution in [1.82, 2.24) is 0 Å². The molecule has 1 unspecified atom stereocenters. The molecule has 0 saturated carbocycles. The number of benzene rings is 1. The summed E-state index contributed by atoms with van der Waals surface area (Å²) >= 11 is 0. The first-order valence-corrected chi connectivity index (χ1v) is 4.87. The number of esters is 1. The Morgan fingerprint density at radius 2 is 2.25 bits per heavy atom. The molecular weight excluding hydrogens is 210 g/mol. The summed E-state index contributed by atoms with van der Waals surface area (Å²) in [5.74, 6) is -0.558. The van der Waals surface area contributed by atoms with E-state index in [1.807, 2.05) is 0 Å². The van der Waals surface area contributed by atoms with Gasteiger partial charge < -0.3 is 20.7 Å². The number of ether oxygens (including phenoxy) is 1. The van der Waals surface area contributed by atoms with Crippen LogP contribution in [-0.2, 0) is 4.74 Å². The monoisotopic (exact) mass is 225 g/mol. The molecule has 0 radical (unpaired) electrons. The molecule has 16 heavy (non-hydrogen) atoms. The SMILES string of the molecule is Cc1c(N)cccc1C(=O)OCC(O)CO. The van der Waals surface area contributed by atoms with Gasteiger partial charge in [-0.25, -0.2) is 4.79 Å². The van der Waals surface area contributed by atoms with E-state index in [1.165, 1.54) is 0 Å². The number of aliphatic hydroxyl groups excluding tert-OH is 2. The summed E-state index contributed by atoms with van der Waals surface area (Å²) in [5.41, 5.74) is 7.16. The zero-order valence-corrected chi connectivity index (χ0v) is 9.01. The average Bonchev–Trinajstić information content (AvgIpc) is 2.29. The molecule has 0 saturated heterocycles. The third-order valence-electron chi connectivity index (χ3n) is 2.21. The van der Waals surface area contributed by atoms with Crippen molar-refractivity contribution in [3.8, 4) is 0 Å². The third-order valence-corrected chi connectivity index (χ3v) is 2.21. The van der Waals surface area contributed by atoms with Crippen molar-refractivity contribution < 1.29 is 19.7 Å². The van der Waals surface area contributed by atoms with Crippen LogP contribution >= 0.6 is 0 Å². The Balaban J connectivity index is 2.70. The molecule has 0 aromatic heterocycles. The van der Waals surface area contributed by atoms with E-state index in [-0.39, 0.29) is 6.61 Å². The first-order valence-electron chi connectivity index (χ1n) is 4.87. The highest BCUT2D eigenvalue weighted by molar-refractivity contribution is 5.92. The highest BCUT2D eigenvalue weighted by atomic mass is 16.5. The molecule has 0 bridgehead atoms. The molecule has 0 aliphatic heterocycles. The predicted octanol–water partition coefficient (Wildman–Crippen LogP) is 0.0872. The largest absolute Gasteiger partial charge is 0.459 e. The number of nitrogen functional groups attached to an aromatic ring is 1. The molecule has 88 valence electrons. The Labute approximate surface area is 93.5 Å². The minimum absolute atomic E-state index is 0.233. The van der Waals surface area contributed by atoms with Crippen molar-refractivity contribution >= 4 is 11.7 Å². The summed E-state index contributed by atoms with van der Waals surface area (Å²) in [6, 6.07) is 4.94. The van der Waals surface area contributed by atoms with Crippen LogP contribution < -0.4 is 5.73 Å². The van der Waals surface area contributed by atoms with Gasteiger partial charge in [0.05, 0.1) is 12.2 Å². The molecule has 0 aliphatic rings. The van der Waals surface area contributed by atoms with Crippen LogP contribution in [0.3, 0.4) is 0 Å². The fourth-order valence-electron chi connectivity index (χ4n) is 1.18. The second kappa shape index (κ2) is 5.48. The van der Waals surface area contributed by atoms with Gasteiger partial charge in [-0.05, 0) is 24.6 Å². The van der Waals surface area contributed by atoms with Crippen molar-refractivity contribution in [3.63, 3.8) is 0 Å². The Bertz CT molecular complexity index is 378. The number of aliphatic hydroxyl groups is 2. The smallest absolute Gasteiger partial charge is 0.338 e. The molecule has 1 atom stereocenters. The van der Waals surface area contributed by atoms with Gasteiger partial charge in [0.1, 0.15) is 12.7 Å². The lowest BCUT2D eigenvalue weighted by atomic mass is 10.1. The quantitative estimate of drug-likeness (QED) is 0.498. The summed E-state index contributed by atoms with van der Waals surface area (Å²) < 4.78 is 4.81. The van der Waals surface area contributed by atoms with Crippen LogP contribution in [0.25, 0.3) is 0 Å². The molecule has 1 rings (SSSR count). The normalized spacial score (nSPS) is 12.2. The van der Waals surface area contributed by atoms with E-state index < -0.39 is 18.7 Å². The number of nitrogens with two attached hydrogens (primary N) is 1. The van der Waals surface area contributed by atoms with Crippen molar-refractivity contribution in [2.45, 2.75) is 13.0 Å². The Hall–Kier alpha value is -1.59. The van der Waals surface area contributed by atoms with Crippen LogP contribution in [-0.4, -0.2) is 35.5 Å². The summed E-state index contributed by atoms with van der Waals surface area (Å²) in [4.78, 5) is 11.6. The van der Waals surface area contributed by atoms with Gasteiger partial charge in [0.25, 0.3) is 0 Å². The van der Waals surface area contributed by atoms with Crippen LogP contribution in [0.4, 0.5) is 5.69 Å². The van der Waals surface area contributed by atoms with Crippen LogP contribution in [0.1, 0.15) is 15.9 Å². The highest BCUT2D eigenvalue weighted by Gasteiger charge is 2.13. The molecule has 0 amide bonds. The van der Waals surface area contributed by atoms with Crippen molar-refractivity contribution in [2.24, 2.45) is 0 Å². The molecule has 5 nitrogen and oxygen atoms in total. The lowest BCUT2D eigenvalue weighted by Gasteiger charge is -2.10. The summed E-state index contributed by atoms with van der Waals surface area (Å²) in [5, 5.41) is 17.6. The average molecular weight is 225 g/mol. The van der Waals surface area contributed by atoms with Crippen molar-refractivity contribution in [3.05, 3.63) is 29.3 Å². The molecular formula is C11H15NO4. The van der Waals surface area contributed by atoms with Crippen LogP contribution in [0, 0.1) is 6.92 Å². The van der Waals surface area contributed by atoms with Gasteiger partial charge in [-0.2, -0.15) is 0 Å². The second-order valence-electron chi connectivity index (χ2n) is 3.45. The van der Waals surface area contributed by atoms with Crippen LogP contribution in [0.5, 0.6) is 0 Å². The van der Waals surface area contributed by atoms with Gasteiger partial charge in [-0.15, -0.1) is 0 Å². The molecule has 5 heteroatoms. The maximum absolute atomic E-state index is 11.6. The Morgan fingerprint density at radius 1 is 1.56 bits per heavy atom. The summed E-state index contributed by atoms with van der Waals surface area (Å²) in [6.07, 6.45) is -1.05. The Kier molecular flexibility index (Phi) is 4.28.